The molecule has 1 fully saturated rings. The van der Waals surface area contributed by atoms with Gasteiger partial charge in [0.2, 0.25) is 5.91 Å². The summed E-state index contributed by atoms with van der Waals surface area (Å²) in [6.07, 6.45) is -3.46. The molecule has 1 saturated heterocycles. The maximum atomic E-state index is 12.9. The highest BCUT2D eigenvalue weighted by molar-refractivity contribution is 5.87. The zero-order valence-electron chi connectivity index (χ0n) is 10.00. The van der Waals surface area contributed by atoms with Crippen LogP contribution in [0.3, 0.4) is 0 Å². The van der Waals surface area contributed by atoms with Crippen LogP contribution in [0.15, 0.2) is 12.7 Å². The molecule has 1 heterocycles. The summed E-state index contributed by atoms with van der Waals surface area (Å²) in [6, 6.07) is -1.69. The Kier molecular flexibility index (Phi) is 4.19. The van der Waals surface area contributed by atoms with Gasteiger partial charge < -0.3 is 4.90 Å². The zero-order valence-corrected chi connectivity index (χ0v) is 10.00. The van der Waals surface area contributed by atoms with Crippen LogP contribution < -0.4 is 0 Å². The predicted molar refractivity (Wildman–Crippen MR) is 58.5 cm³/mol. The van der Waals surface area contributed by atoms with Gasteiger partial charge in [0.1, 0.15) is 6.04 Å². The van der Waals surface area contributed by atoms with Gasteiger partial charge in [0, 0.05) is 25.7 Å². The van der Waals surface area contributed by atoms with Gasteiger partial charge in [-0.05, 0) is 19.9 Å². The summed E-state index contributed by atoms with van der Waals surface area (Å²) in [4.78, 5) is 14.0. The number of amides is 1. The number of alkyl halides is 3. The Hall–Kier alpha value is -1.04. The lowest BCUT2D eigenvalue weighted by Crippen LogP contribution is -2.61. The first-order chi connectivity index (χ1) is 7.77. The molecule has 1 aliphatic rings. The number of carbonyl (C=O) groups is 1. The van der Waals surface area contributed by atoms with Gasteiger partial charge in [-0.3, -0.25) is 9.69 Å². The standard InChI is InChI=1S/C11H17F3N2O/c1-4-10(17)16-6-5-15(8(2)3)7-9(16)11(12,13)14/h4,8-9H,1,5-7H2,2-3H3/t9-/m1/s1. The molecule has 17 heavy (non-hydrogen) atoms. The molecule has 0 spiro atoms. The zero-order chi connectivity index (χ0) is 13.2. The Bertz CT molecular complexity index is 302. The fraction of sp³-hybridized carbons (Fsp3) is 0.727. The molecule has 3 nitrogen and oxygen atoms in total. The molecule has 0 N–H and O–H groups in total. The van der Waals surface area contributed by atoms with Gasteiger partial charge in [-0.25, -0.2) is 0 Å². The minimum atomic E-state index is -4.40. The Labute approximate surface area is 98.9 Å². The highest BCUT2D eigenvalue weighted by atomic mass is 19.4. The number of rotatable bonds is 2. The van der Waals surface area contributed by atoms with E-state index in [9.17, 15) is 18.0 Å². The smallest absolute Gasteiger partial charge is 0.324 e. The molecule has 1 amide bonds. The summed E-state index contributed by atoms with van der Waals surface area (Å²) in [7, 11) is 0. The van der Waals surface area contributed by atoms with E-state index in [1.165, 1.54) is 0 Å². The first-order valence-electron chi connectivity index (χ1n) is 5.51. The molecule has 1 aliphatic heterocycles. The van der Waals surface area contributed by atoms with Crippen LogP contribution in [0.2, 0.25) is 0 Å². The average Bonchev–Trinajstić information content (AvgIpc) is 2.26. The number of piperazine rings is 1. The molecule has 1 rings (SSSR count). The fourth-order valence-electron chi connectivity index (χ4n) is 1.93. The van der Waals surface area contributed by atoms with Gasteiger partial charge in [-0.1, -0.05) is 6.58 Å². The van der Waals surface area contributed by atoms with Gasteiger partial charge in [-0.15, -0.1) is 0 Å². The summed E-state index contributed by atoms with van der Waals surface area (Å²) < 4.78 is 38.6. The molecule has 0 aromatic carbocycles. The van der Waals surface area contributed by atoms with E-state index >= 15 is 0 Å². The molecule has 0 aliphatic carbocycles. The van der Waals surface area contributed by atoms with Crippen LogP contribution >= 0.6 is 0 Å². The normalized spacial score (nSPS) is 22.9. The number of halogens is 3. The molecular weight excluding hydrogens is 233 g/mol. The highest BCUT2D eigenvalue weighted by Crippen LogP contribution is 2.28. The maximum Gasteiger partial charge on any atom is 0.410 e. The molecule has 0 aromatic rings. The van der Waals surface area contributed by atoms with Gasteiger partial charge >= 0.3 is 6.18 Å². The molecule has 1 atom stereocenters. The number of hydrogen-bond acceptors (Lipinski definition) is 2. The van der Waals surface area contributed by atoms with Gasteiger partial charge in [-0.2, -0.15) is 13.2 Å². The molecule has 0 bridgehead atoms. The Morgan fingerprint density at radius 2 is 2.00 bits per heavy atom. The van der Waals surface area contributed by atoms with E-state index in [0.29, 0.717) is 6.54 Å². The van der Waals surface area contributed by atoms with Gasteiger partial charge in [0.25, 0.3) is 0 Å². The quantitative estimate of drug-likeness (QED) is 0.696. The molecule has 0 aromatic heterocycles. The minimum absolute atomic E-state index is 0.0424. The Morgan fingerprint density at radius 3 is 2.41 bits per heavy atom. The van der Waals surface area contributed by atoms with Crippen molar-refractivity contribution in [3.05, 3.63) is 12.7 Å². The Morgan fingerprint density at radius 1 is 1.41 bits per heavy atom. The van der Waals surface area contributed by atoms with Crippen molar-refractivity contribution >= 4 is 5.91 Å². The fourth-order valence-corrected chi connectivity index (χ4v) is 1.93. The van der Waals surface area contributed by atoms with E-state index in [2.05, 4.69) is 6.58 Å². The van der Waals surface area contributed by atoms with Crippen LogP contribution in [0, 0.1) is 0 Å². The molecule has 98 valence electrons. The highest BCUT2D eigenvalue weighted by Gasteiger charge is 2.47. The molecule has 0 unspecified atom stereocenters. The summed E-state index contributed by atoms with van der Waals surface area (Å²) in [6.45, 7) is 7.31. The van der Waals surface area contributed by atoms with E-state index in [1.54, 1.807) is 4.90 Å². The second kappa shape index (κ2) is 5.08. The van der Waals surface area contributed by atoms with Gasteiger partial charge in [0.15, 0.2) is 0 Å². The molecular formula is C11H17F3N2O. The third-order valence-electron chi connectivity index (χ3n) is 2.98. The predicted octanol–water partition coefficient (Wildman–Crippen LogP) is 1.66. The van der Waals surface area contributed by atoms with Crippen LogP contribution in [0.25, 0.3) is 0 Å². The van der Waals surface area contributed by atoms with Crippen molar-refractivity contribution in [2.75, 3.05) is 19.6 Å². The van der Waals surface area contributed by atoms with Crippen molar-refractivity contribution in [1.29, 1.82) is 0 Å². The Balaban J connectivity index is 2.87. The van der Waals surface area contributed by atoms with Crippen molar-refractivity contribution < 1.29 is 18.0 Å². The summed E-state index contributed by atoms with van der Waals surface area (Å²) in [5, 5.41) is 0. The van der Waals surface area contributed by atoms with Crippen molar-refractivity contribution in [1.82, 2.24) is 9.80 Å². The number of hydrogen-bond donors (Lipinski definition) is 0. The van der Waals surface area contributed by atoms with Crippen LogP contribution in [0.1, 0.15) is 13.8 Å². The molecule has 6 heteroatoms. The van der Waals surface area contributed by atoms with Crippen LogP contribution in [-0.4, -0.2) is 53.6 Å². The second-order valence-electron chi connectivity index (χ2n) is 4.38. The van der Waals surface area contributed by atoms with Crippen LogP contribution in [0.4, 0.5) is 13.2 Å². The van der Waals surface area contributed by atoms with E-state index in [4.69, 9.17) is 0 Å². The molecule has 0 saturated carbocycles. The topological polar surface area (TPSA) is 23.6 Å². The maximum absolute atomic E-state index is 12.9. The first kappa shape index (κ1) is 14.0. The second-order valence-corrected chi connectivity index (χ2v) is 4.38. The lowest BCUT2D eigenvalue weighted by atomic mass is 10.1. The first-order valence-corrected chi connectivity index (χ1v) is 5.51. The third-order valence-corrected chi connectivity index (χ3v) is 2.98. The monoisotopic (exact) mass is 250 g/mol. The summed E-state index contributed by atoms with van der Waals surface area (Å²) in [5.74, 6) is -0.657. The third kappa shape index (κ3) is 3.21. The summed E-state index contributed by atoms with van der Waals surface area (Å²) >= 11 is 0. The van der Waals surface area contributed by atoms with Crippen molar-refractivity contribution in [3.8, 4) is 0 Å². The summed E-state index contributed by atoms with van der Waals surface area (Å²) in [5.41, 5.74) is 0. The average molecular weight is 250 g/mol. The van der Waals surface area contributed by atoms with Crippen LogP contribution in [-0.2, 0) is 4.79 Å². The number of carbonyl (C=O) groups excluding carboxylic acids is 1. The van der Waals surface area contributed by atoms with E-state index in [1.807, 2.05) is 13.8 Å². The van der Waals surface area contributed by atoms with E-state index in [0.717, 1.165) is 11.0 Å². The molecule has 0 radical (unpaired) electrons. The largest absolute Gasteiger partial charge is 0.410 e. The lowest BCUT2D eigenvalue weighted by Gasteiger charge is -2.43. The lowest BCUT2D eigenvalue weighted by molar-refractivity contribution is -0.200. The van der Waals surface area contributed by atoms with E-state index < -0.39 is 18.1 Å². The SMILES string of the molecule is C=CC(=O)N1CCN(C(C)C)C[C@@H]1C(F)(F)F. The van der Waals surface area contributed by atoms with Crippen molar-refractivity contribution in [2.45, 2.75) is 32.1 Å². The van der Waals surface area contributed by atoms with Crippen LogP contribution in [0.5, 0.6) is 0 Å². The van der Waals surface area contributed by atoms with E-state index in [-0.39, 0.29) is 19.1 Å². The van der Waals surface area contributed by atoms with Crippen molar-refractivity contribution in [3.63, 3.8) is 0 Å². The minimum Gasteiger partial charge on any atom is -0.324 e. The van der Waals surface area contributed by atoms with Crippen molar-refractivity contribution in [2.24, 2.45) is 0 Å². The number of nitrogens with zero attached hydrogens (tertiary/aromatic N) is 2. The van der Waals surface area contributed by atoms with Gasteiger partial charge in [0.05, 0.1) is 0 Å².